The topological polar surface area (TPSA) is 111 Å². The van der Waals surface area contributed by atoms with Crippen molar-refractivity contribution in [2.45, 2.75) is 24.8 Å². The summed E-state index contributed by atoms with van der Waals surface area (Å²) in [5, 5.41) is 4.41. The normalized spacial score (nSPS) is 25.7. The molecule has 4 rings (SSSR count). The maximum atomic E-state index is 11.4. The number of amides is 2. The Morgan fingerprint density at radius 1 is 1.36 bits per heavy atom. The molecule has 116 valence electrons. The van der Waals surface area contributed by atoms with Gasteiger partial charge in [0.2, 0.25) is 6.41 Å². The zero-order valence-electron chi connectivity index (χ0n) is 12.1. The maximum absolute atomic E-state index is 11.4. The van der Waals surface area contributed by atoms with Gasteiger partial charge in [0.1, 0.15) is 11.8 Å². The highest BCUT2D eigenvalue weighted by Gasteiger charge is 2.40. The van der Waals surface area contributed by atoms with E-state index in [4.69, 9.17) is 14.9 Å². The average Bonchev–Trinajstić information content (AvgIpc) is 3.21. The monoisotopic (exact) mass is 301 g/mol. The lowest BCUT2D eigenvalue weighted by molar-refractivity contribution is -0.106. The minimum absolute atomic E-state index is 0.250. The molecule has 1 aliphatic heterocycles. The summed E-state index contributed by atoms with van der Waals surface area (Å²) in [6.07, 6.45) is 4.22. The molecule has 1 saturated carbocycles. The van der Waals surface area contributed by atoms with Crippen LogP contribution in [0.15, 0.2) is 28.9 Å². The molecule has 0 radical (unpaired) electrons. The van der Waals surface area contributed by atoms with E-state index in [2.05, 4.69) is 23.2 Å². The molecule has 2 aromatic rings. The van der Waals surface area contributed by atoms with Crippen LogP contribution in [-0.4, -0.2) is 24.9 Å². The van der Waals surface area contributed by atoms with Crippen molar-refractivity contribution >= 4 is 23.3 Å². The van der Waals surface area contributed by atoms with Gasteiger partial charge in [-0.05, 0) is 48.9 Å². The first-order valence-electron chi connectivity index (χ1n) is 7.33. The van der Waals surface area contributed by atoms with Gasteiger partial charge < -0.3 is 21.2 Å². The van der Waals surface area contributed by atoms with E-state index < -0.39 is 5.91 Å². The Hall–Kier alpha value is -2.34. The van der Waals surface area contributed by atoms with Gasteiger partial charge in [0.25, 0.3) is 5.91 Å². The van der Waals surface area contributed by atoms with Crippen LogP contribution in [0, 0.1) is 5.92 Å². The number of rotatable bonds is 2. The lowest BCUT2D eigenvalue weighted by atomic mass is 9.90. The third-order valence-corrected chi connectivity index (χ3v) is 4.62. The Morgan fingerprint density at radius 2 is 2.14 bits per heavy atom. The highest BCUT2D eigenvalue weighted by molar-refractivity contribution is 6.05. The molecule has 22 heavy (non-hydrogen) atoms. The van der Waals surface area contributed by atoms with Crippen LogP contribution in [0.4, 0.5) is 0 Å². The number of nitrogens with two attached hydrogens (primary N) is 2. The molecule has 2 amide bonds. The number of benzene rings is 1. The quantitative estimate of drug-likeness (QED) is 0.721. The number of carbonyl (C=O) groups excluding carboxylic acids is 2. The summed E-state index contributed by atoms with van der Waals surface area (Å²) in [7, 11) is 0. The lowest BCUT2D eigenvalue weighted by Crippen LogP contribution is -2.31. The van der Waals surface area contributed by atoms with Gasteiger partial charge in [0.15, 0.2) is 0 Å². The zero-order chi connectivity index (χ0) is 15.7. The van der Waals surface area contributed by atoms with Crippen LogP contribution < -0.4 is 16.8 Å². The molecular formula is C16H19N3O3. The second-order valence-corrected chi connectivity index (χ2v) is 5.86. The summed E-state index contributed by atoms with van der Waals surface area (Å²) in [5.41, 5.74) is 12.0. The number of fused-ring (bicyclic) bond motifs is 3. The molecule has 5 N–H and O–H groups in total. The lowest BCUT2D eigenvalue weighted by Gasteiger charge is -2.23. The molecule has 2 aliphatic rings. The van der Waals surface area contributed by atoms with Crippen LogP contribution in [0.25, 0.3) is 11.0 Å². The number of piperidine rings is 1. The summed E-state index contributed by atoms with van der Waals surface area (Å²) in [4.78, 5) is 20.0. The number of hydrogen-bond acceptors (Lipinski definition) is 4. The highest BCUT2D eigenvalue weighted by Crippen LogP contribution is 2.43. The zero-order valence-corrected chi connectivity index (χ0v) is 12.1. The van der Waals surface area contributed by atoms with Crippen LogP contribution in [-0.2, 0) is 4.79 Å². The summed E-state index contributed by atoms with van der Waals surface area (Å²) < 4.78 is 5.37. The van der Waals surface area contributed by atoms with Gasteiger partial charge in [-0.15, -0.1) is 0 Å². The first kappa shape index (κ1) is 14.6. The number of nitrogens with one attached hydrogen (secondary N) is 1. The Balaban J connectivity index is 0.000000446. The molecule has 1 aromatic carbocycles. The van der Waals surface area contributed by atoms with E-state index in [1.807, 2.05) is 6.07 Å². The van der Waals surface area contributed by atoms with Crippen molar-refractivity contribution < 1.29 is 14.0 Å². The molecule has 2 heterocycles. The van der Waals surface area contributed by atoms with Gasteiger partial charge >= 0.3 is 0 Å². The van der Waals surface area contributed by atoms with Crippen LogP contribution in [0.5, 0.6) is 0 Å². The molecule has 2 fully saturated rings. The van der Waals surface area contributed by atoms with Gasteiger partial charge in [0, 0.05) is 11.4 Å². The second-order valence-electron chi connectivity index (χ2n) is 5.86. The number of primary amides is 2. The van der Waals surface area contributed by atoms with Crippen molar-refractivity contribution in [2.24, 2.45) is 17.4 Å². The van der Waals surface area contributed by atoms with E-state index in [1.165, 1.54) is 24.7 Å². The molecule has 3 unspecified atom stereocenters. The third kappa shape index (κ3) is 2.46. The summed E-state index contributed by atoms with van der Waals surface area (Å²) in [6, 6.07) is 6.73. The maximum Gasteiger partial charge on any atom is 0.252 e. The number of furan rings is 1. The molecule has 1 saturated heterocycles. The molecule has 0 spiro atoms. The van der Waals surface area contributed by atoms with Crippen molar-refractivity contribution in [3.63, 3.8) is 0 Å². The molecule has 6 heteroatoms. The first-order valence-corrected chi connectivity index (χ1v) is 7.33. The van der Waals surface area contributed by atoms with Crippen molar-refractivity contribution in [3.05, 3.63) is 35.6 Å². The van der Waals surface area contributed by atoms with E-state index in [-0.39, 0.29) is 6.41 Å². The largest absolute Gasteiger partial charge is 0.463 e. The summed E-state index contributed by atoms with van der Waals surface area (Å²) in [6.45, 7) is 1.15. The third-order valence-electron chi connectivity index (χ3n) is 4.62. The first-order chi connectivity index (χ1) is 10.6. The number of hydrogen-bond donors (Lipinski definition) is 3. The molecule has 3 atom stereocenters. The Labute approximate surface area is 127 Å². The number of carbonyl (C=O) groups is 2. The molecule has 1 aliphatic carbocycles. The van der Waals surface area contributed by atoms with E-state index in [0.29, 0.717) is 17.5 Å². The smallest absolute Gasteiger partial charge is 0.252 e. The minimum atomic E-state index is -0.429. The highest BCUT2D eigenvalue weighted by atomic mass is 16.3. The van der Waals surface area contributed by atoms with Gasteiger partial charge in [-0.2, -0.15) is 0 Å². The van der Waals surface area contributed by atoms with Crippen molar-refractivity contribution in [2.75, 3.05) is 6.54 Å². The fourth-order valence-corrected chi connectivity index (χ4v) is 3.69. The second kappa shape index (κ2) is 5.81. The van der Waals surface area contributed by atoms with E-state index in [9.17, 15) is 4.79 Å². The van der Waals surface area contributed by atoms with Crippen LogP contribution in [0.1, 0.15) is 34.7 Å². The van der Waals surface area contributed by atoms with Crippen molar-refractivity contribution in [1.82, 2.24) is 5.32 Å². The Bertz CT molecular complexity index is 710. The Morgan fingerprint density at radius 3 is 2.73 bits per heavy atom. The van der Waals surface area contributed by atoms with Crippen LogP contribution >= 0.6 is 0 Å². The summed E-state index contributed by atoms with van der Waals surface area (Å²) in [5.74, 6) is 0.936. The predicted octanol–water partition coefficient (Wildman–Crippen LogP) is 1.10. The molecule has 2 bridgehead atoms. The van der Waals surface area contributed by atoms with Crippen molar-refractivity contribution in [3.8, 4) is 0 Å². The standard InChI is InChI=1S/C15H16N2O2.CH3NO/c16-15(18)12-7-19-14-2-1-9(5-11(12)14)10-3-8-4-13(10)17-6-8;2-1-3/h1-2,5,7-8,10,13,17H,3-4,6H2,(H2,16,18);1H,(H2,2,3). The van der Waals surface area contributed by atoms with Gasteiger partial charge in [-0.3, -0.25) is 9.59 Å². The van der Waals surface area contributed by atoms with Crippen LogP contribution in [0.2, 0.25) is 0 Å². The Kier molecular flexibility index (Phi) is 3.85. The fraction of sp³-hybridized carbons (Fsp3) is 0.375. The van der Waals surface area contributed by atoms with Crippen molar-refractivity contribution in [1.29, 1.82) is 0 Å². The van der Waals surface area contributed by atoms with Gasteiger partial charge in [0.05, 0.1) is 5.56 Å². The SMILES string of the molecule is NC(=O)c1coc2ccc(C3CC4CNC3C4)cc12.NC=O. The van der Waals surface area contributed by atoms with Gasteiger partial charge in [-0.1, -0.05) is 6.07 Å². The molecule has 6 nitrogen and oxygen atoms in total. The summed E-state index contributed by atoms with van der Waals surface area (Å²) >= 11 is 0. The van der Waals surface area contributed by atoms with E-state index >= 15 is 0 Å². The minimum Gasteiger partial charge on any atom is -0.463 e. The fourth-order valence-electron chi connectivity index (χ4n) is 3.69. The van der Waals surface area contributed by atoms with Gasteiger partial charge in [-0.25, -0.2) is 0 Å². The molecule has 1 aromatic heterocycles. The van der Waals surface area contributed by atoms with E-state index in [0.717, 1.165) is 23.4 Å². The predicted molar refractivity (Wildman–Crippen MR) is 82.2 cm³/mol. The molecular weight excluding hydrogens is 282 g/mol. The average molecular weight is 301 g/mol. The van der Waals surface area contributed by atoms with Crippen LogP contribution in [0.3, 0.4) is 0 Å². The van der Waals surface area contributed by atoms with E-state index in [1.54, 1.807) is 0 Å².